The van der Waals surface area contributed by atoms with Crippen molar-refractivity contribution in [3.63, 3.8) is 0 Å². The summed E-state index contributed by atoms with van der Waals surface area (Å²) in [5.41, 5.74) is 1.04. The average molecular weight is 395 g/mol. The van der Waals surface area contributed by atoms with Crippen LogP contribution in [0.1, 0.15) is 12.5 Å². The van der Waals surface area contributed by atoms with E-state index in [0.29, 0.717) is 11.5 Å². The van der Waals surface area contributed by atoms with Gasteiger partial charge in [0, 0.05) is 4.43 Å². The zero-order chi connectivity index (χ0) is 14.0. The Bertz CT molecular complexity index is 529. The van der Waals surface area contributed by atoms with E-state index in [0.717, 1.165) is 9.99 Å². The highest BCUT2D eigenvalue weighted by atomic mass is 127. The van der Waals surface area contributed by atoms with Crippen molar-refractivity contribution in [3.05, 3.63) is 29.8 Å². The molecule has 106 valence electrons. The second-order valence-corrected chi connectivity index (χ2v) is 7.56. The van der Waals surface area contributed by atoms with E-state index in [2.05, 4.69) is 27.3 Å². The fourth-order valence-corrected chi connectivity index (χ4v) is 4.32. The molecule has 0 aromatic heterocycles. The SMILES string of the molecule is Cc1ccc(S(=O)(=O)N[C@@H]2[C@H](CI)OC[C@@H]2C)cc1. The molecule has 1 fully saturated rings. The molecule has 1 aromatic carbocycles. The van der Waals surface area contributed by atoms with Crippen LogP contribution in [0.2, 0.25) is 0 Å². The summed E-state index contributed by atoms with van der Waals surface area (Å²) >= 11 is 2.23. The van der Waals surface area contributed by atoms with Crippen molar-refractivity contribution in [2.75, 3.05) is 11.0 Å². The number of sulfonamides is 1. The first-order chi connectivity index (χ1) is 8.94. The summed E-state index contributed by atoms with van der Waals surface area (Å²) < 4.78 is 33.8. The summed E-state index contributed by atoms with van der Waals surface area (Å²) in [6, 6.07) is 6.73. The Kier molecular flexibility index (Phi) is 4.86. The summed E-state index contributed by atoms with van der Waals surface area (Å²) in [5.74, 6) is 0.194. The molecule has 1 heterocycles. The van der Waals surface area contributed by atoms with Crippen molar-refractivity contribution >= 4 is 32.6 Å². The minimum absolute atomic E-state index is 0.0455. The Morgan fingerprint density at radius 3 is 2.58 bits per heavy atom. The van der Waals surface area contributed by atoms with E-state index in [4.69, 9.17) is 4.74 Å². The molecule has 0 bridgehead atoms. The van der Waals surface area contributed by atoms with E-state index in [1.54, 1.807) is 24.3 Å². The highest BCUT2D eigenvalue weighted by Gasteiger charge is 2.36. The second-order valence-electron chi connectivity index (χ2n) is 4.96. The highest BCUT2D eigenvalue weighted by molar-refractivity contribution is 14.1. The first-order valence-electron chi connectivity index (χ1n) is 6.20. The maximum absolute atomic E-state index is 12.3. The number of alkyl halides is 1. The molecule has 1 aliphatic heterocycles. The molecule has 0 radical (unpaired) electrons. The molecule has 1 N–H and O–H groups in total. The predicted molar refractivity (Wildman–Crippen MR) is 83.1 cm³/mol. The molecule has 2 rings (SSSR count). The first-order valence-corrected chi connectivity index (χ1v) is 9.21. The van der Waals surface area contributed by atoms with E-state index >= 15 is 0 Å². The number of hydrogen-bond donors (Lipinski definition) is 1. The van der Waals surface area contributed by atoms with Crippen LogP contribution in [-0.2, 0) is 14.8 Å². The van der Waals surface area contributed by atoms with Crippen LogP contribution in [0.4, 0.5) is 0 Å². The monoisotopic (exact) mass is 395 g/mol. The highest BCUT2D eigenvalue weighted by Crippen LogP contribution is 2.23. The fourth-order valence-electron chi connectivity index (χ4n) is 2.15. The second kappa shape index (κ2) is 6.07. The normalized spacial score (nSPS) is 27.6. The molecule has 6 heteroatoms. The number of nitrogens with one attached hydrogen (secondary N) is 1. The Morgan fingerprint density at radius 1 is 1.37 bits per heavy atom. The number of rotatable bonds is 4. The van der Waals surface area contributed by atoms with Gasteiger partial charge in [0.15, 0.2) is 0 Å². The zero-order valence-corrected chi connectivity index (χ0v) is 13.9. The lowest BCUT2D eigenvalue weighted by atomic mass is 10.0. The van der Waals surface area contributed by atoms with Gasteiger partial charge in [-0.05, 0) is 25.0 Å². The smallest absolute Gasteiger partial charge is 0.240 e. The van der Waals surface area contributed by atoms with E-state index < -0.39 is 10.0 Å². The third-order valence-corrected chi connectivity index (χ3v) is 5.70. The molecule has 0 aliphatic carbocycles. The van der Waals surface area contributed by atoms with Crippen molar-refractivity contribution in [2.24, 2.45) is 5.92 Å². The molecule has 19 heavy (non-hydrogen) atoms. The molecule has 1 aromatic rings. The summed E-state index contributed by atoms with van der Waals surface area (Å²) in [7, 11) is -3.47. The molecular formula is C13H18INO3S. The maximum Gasteiger partial charge on any atom is 0.240 e. The van der Waals surface area contributed by atoms with Crippen LogP contribution in [0.3, 0.4) is 0 Å². The van der Waals surface area contributed by atoms with Gasteiger partial charge in [-0.2, -0.15) is 0 Å². The molecule has 3 atom stereocenters. The molecule has 0 amide bonds. The quantitative estimate of drug-likeness (QED) is 0.628. The maximum atomic E-state index is 12.3. The molecule has 0 saturated carbocycles. The van der Waals surface area contributed by atoms with Crippen molar-refractivity contribution in [2.45, 2.75) is 30.9 Å². The Morgan fingerprint density at radius 2 is 2.00 bits per heavy atom. The van der Waals surface area contributed by atoms with E-state index in [1.165, 1.54) is 0 Å². The first kappa shape index (κ1) is 15.2. The zero-order valence-electron chi connectivity index (χ0n) is 11.0. The van der Waals surface area contributed by atoms with Gasteiger partial charge in [0.05, 0.1) is 23.6 Å². The lowest BCUT2D eigenvalue weighted by Gasteiger charge is -2.21. The molecule has 1 aliphatic rings. The van der Waals surface area contributed by atoms with E-state index in [1.807, 2.05) is 13.8 Å². The summed E-state index contributed by atoms with van der Waals surface area (Å²) in [6.07, 6.45) is -0.0455. The van der Waals surface area contributed by atoms with Crippen LogP contribution >= 0.6 is 22.6 Å². The number of ether oxygens (including phenoxy) is 1. The molecular weight excluding hydrogens is 377 g/mol. The molecule has 0 unspecified atom stereocenters. The van der Waals surface area contributed by atoms with Crippen molar-refractivity contribution in [3.8, 4) is 0 Å². The van der Waals surface area contributed by atoms with Gasteiger partial charge in [-0.15, -0.1) is 0 Å². The summed E-state index contributed by atoms with van der Waals surface area (Å²) in [4.78, 5) is 0.310. The van der Waals surface area contributed by atoms with Gasteiger partial charge in [0.25, 0.3) is 0 Å². The topological polar surface area (TPSA) is 55.4 Å². The van der Waals surface area contributed by atoms with Crippen molar-refractivity contribution in [1.82, 2.24) is 4.72 Å². The van der Waals surface area contributed by atoms with Gasteiger partial charge in [-0.25, -0.2) is 13.1 Å². The standard InChI is InChI=1S/C13H18INO3S/c1-9-3-5-11(6-4-9)19(16,17)15-13-10(2)8-18-12(13)7-14/h3-6,10,12-13,15H,7-8H2,1-2H3/t10-,12-,13-/m0/s1. The summed E-state index contributed by atoms with van der Waals surface area (Å²) in [6.45, 7) is 4.55. The average Bonchev–Trinajstić information content (AvgIpc) is 2.70. The third kappa shape index (κ3) is 3.48. The van der Waals surface area contributed by atoms with Gasteiger partial charge in [0.1, 0.15) is 0 Å². The Balaban J connectivity index is 2.19. The van der Waals surface area contributed by atoms with E-state index in [9.17, 15) is 8.42 Å². The van der Waals surface area contributed by atoms with Crippen LogP contribution < -0.4 is 4.72 Å². The molecule has 1 saturated heterocycles. The van der Waals surface area contributed by atoms with Crippen molar-refractivity contribution < 1.29 is 13.2 Å². The third-order valence-electron chi connectivity index (χ3n) is 3.36. The van der Waals surface area contributed by atoms with Crippen LogP contribution in [0.15, 0.2) is 29.2 Å². The largest absolute Gasteiger partial charge is 0.375 e. The number of halogens is 1. The van der Waals surface area contributed by atoms with Crippen LogP contribution in [0, 0.1) is 12.8 Å². The minimum Gasteiger partial charge on any atom is -0.375 e. The lowest BCUT2D eigenvalue weighted by molar-refractivity contribution is 0.120. The van der Waals surface area contributed by atoms with Gasteiger partial charge in [-0.3, -0.25) is 0 Å². The number of benzene rings is 1. The van der Waals surface area contributed by atoms with Crippen LogP contribution in [-0.4, -0.2) is 31.6 Å². The van der Waals surface area contributed by atoms with Gasteiger partial charge < -0.3 is 4.74 Å². The van der Waals surface area contributed by atoms with E-state index in [-0.39, 0.29) is 18.1 Å². The van der Waals surface area contributed by atoms with Crippen molar-refractivity contribution in [1.29, 1.82) is 0 Å². The van der Waals surface area contributed by atoms with Crippen LogP contribution in [0.5, 0.6) is 0 Å². The van der Waals surface area contributed by atoms with Gasteiger partial charge in [0.2, 0.25) is 10.0 Å². The fraction of sp³-hybridized carbons (Fsp3) is 0.538. The molecule has 0 spiro atoms. The lowest BCUT2D eigenvalue weighted by Crippen LogP contribution is -2.44. The summed E-state index contributed by atoms with van der Waals surface area (Å²) in [5, 5.41) is 0. The Labute approximate surface area is 128 Å². The minimum atomic E-state index is -3.47. The Hall–Kier alpha value is -0.180. The van der Waals surface area contributed by atoms with Gasteiger partial charge in [-0.1, -0.05) is 47.2 Å². The number of aryl methyl sites for hydroxylation is 1. The van der Waals surface area contributed by atoms with Crippen LogP contribution in [0.25, 0.3) is 0 Å². The predicted octanol–water partition coefficient (Wildman–Crippen LogP) is 2.11. The van der Waals surface area contributed by atoms with Gasteiger partial charge >= 0.3 is 0 Å². The number of hydrogen-bond acceptors (Lipinski definition) is 3. The molecule has 4 nitrogen and oxygen atoms in total.